The fraction of sp³-hybridized carbons (Fsp3) is 0.462. The molecule has 1 fully saturated rings. The molecular weight excluding hydrogens is 218 g/mol. The van der Waals surface area contributed by atoms with E-state index in [0.29, 0.717) is 13.0 Å². The molecule has 0 saturated carbocycles. The molecule has 1 aliphatic heterocycles. The molecular formula is C13H17NO3. The van der Waals surface area contributed by atoms with Crippen molar-refractivity contribution < 1.29 is 14.6 Å². The maximum Gasteiger partial charge on any atom is 0.224 e. The molecule has 0 aliphatic carbocycles. The first-order valence-electron chi connectivity index (χ1n) is 5.89. The van der Waals surface area contributed by atoms with Crippen LogP contribution in [0.5, 0.6) is 0 Å². The van der Waals surface area contributed by atoms with E-state index >= 15 is 0 Å². The fourth-order valence-electron chi connectivity index (χ4n) is 1.95. The Hall–Kier alpha value is -1.39. The summed E-state index contributed by atoms with van der Waals surface area (Å²) in [5.41, 5.74) is 1.21. The smallest absolute Gasteiger partial charge is 0.224 e. The molecule has 1 aliphatic rings. The van der Waals surface area contributed by atoms with Crippen LogP contribution in [-0.2, 0) is 21.0 Å². The van der Waals surface area contributed by atoms with Gasteiger partial charge in [0.15, 0.2) is 6.73 Å². The third-order valence-corrected chi connectivity index (χ3v) is 2.91. The van der Waals surface area contributed by atoms with Crippen molar-refractivity contribution in [1.82, 2.24) is 4.90 Å². The minimum absolute atomic E-state index is 0.0681. The monoisotopic (exact) mass is 235 g/mol. The SMILES string of the molecule is CCC(=O)N1COOC[C@H]1Cc1ccccc1. The molecule has 0 spiro atoms. The van der Waals surface area contributed by atoms with Crippen LogP contribution in [0.15, 0.2) is 30.3 Å². The Kier molecular flexibility index (Phi) is 4.12. The highest BCUT2D eigenvalue weighted by Crippen LogP contribution is 2.14. The molecule has 4 heteroatoms. The predicted octanol–water partition coefficient (Wildman–Crippen LogP) is 1.76. The molecule has 1 amide bonds. The molecule has 1 atom stereocenters. The number of amides is 1. The van der Waals surface area contributed by atoms with Gasteiger partial charge in [0, 0.05) is 6.42 Å². The van der Waals surface area contributed by atoms with Gasteiger partial charge in [-0.1, -0.05) is 37.3 Å². The van der Waals surface area contributed by atoms with E-state index in [0.717, 1.165) is 6.42 Å². The highest BCUT2D eigenvalue weighted by Gasteiger charge is 2.27. The maximum atomic E-state index is 11.8. The van der Waals surface area contributed by atoms with Crippen LogP contribution >= 0.6 is 0 Å². The average molecular weight is 235 g/mol. The molecule has 17 heavy (non-hydrogen) atoms. The third-order valence-electron chi connectivity index (χ3n) is 2.91. The number of benzene rings is 1. The zero-order valence-electron chi connectivity index (χ0n) is 9.96. The van der Waals surface area contributed by atoms with Crippen LogP contribution in [0.1, 0.15) is 18.9 Å². The fourth-order valence-corrected chi connectivity index (χ4v) is 1.95. The maximum absolute atomic E-state index is 11.8. The van der Waals surface area contributed by atoms with Crippen molar-refractivity contribution >= 4 is 5.91 Å². The first kappa shape index (κ1) is 12.1. The molecule has 4 nitrogen and oxygen atoms in total. The molecule has 1 heterocycles. The highest BCUT2D eigenvalue weighted by molar-refractivity contribution is 5.76. The Labute approximate surface area is 101 Å². The van der Waals surface area contributed by atoms with Gasteiger partial charge in [-0.05, 0) is 12.0 Å². The topological polar surface area (TPSA) is 38.8 Å². The zero-order chi connectivity index (χ0) is 12.1. The minimum Gasteiger partial charge on any atom is -0.311 e. The molecule has 0 bridgehead atoms. The van der Waals surface area contributed by atoms with Crippen LogP contribution in [-0.4, -0.2) is 30.2 Å². The summed E-state index contributed by atoms with van der Waals surface area (Å²) in [5.74, 6) is 0.106. The summed E-state index contributed by atoms with van der Waals surface area (Å²) in [7, 11) is 0. The number of hydrogen-bond acceptors (Lipinski definition) is 3. The largest absolute Gasteiger partial charge is 0.311 e. The van der Waals surface area contributed by atoms with Crippen molar-refractivity contribution in [1.29, 1.82) is 0 Å². The van der Waals surface area contributed by atoms with E-state index in [9.17, 15) is 4.79 Å². The average Bonchev–Trinajstić information content (AvgIpc) is 2.40. The van der Waals surface area contributed by atoms with Gasteiger partial charge in [-0.3, -0.25) is 4.79 Å². The molecule has 1 aromatic carbocycles. The van der Waals surface area contributed by atoms with Crippen molar-refractivity contribution in [3.8, 4) is 0 Å². The first-order valence-corrected chi connectivity index (χ1v) is 5.89. The molecule has 92 valence electrons. The second-order valence-electron chi connectivity index (χ2n) is 4.09. The van der Waals surface area contributed by atoms with Crippen molar-refractivity contribution in [2.75, 3.05) is 13.3 Å². The van der Waals surface area contributed by atoms with E-state index in [1.165, 1.54) is 5.56 Å². The van der Waals surface area contributed by atoms with Gasteiger partial charge in [0.2, 0.25) is 5.91 Å². The summed E-state index contributed by atoms with van der Waals surface area (Å²) < 4.78 is 0. The molecule has 0 aromatic heterocycles. The molecule has 2 rings (SSSR count). The first-order chi connectivity index (χ1) is 8.31. The Balaban J connectivity index is 2.04. The van der Waals surface area contributed by atoms with E-state index in [1.54, 1.807) is 4.90 Å². The quantitative estimate of drug-likeness (QED) is 0.749. The summed E-state index contributed by atoms with van der Waals surface area (Å²) in [6, 6.07) is 10.2. The second kappa shape index (κ2) is 5.80. The van der Waals surface area contributed by atoms with Crippen molar-refractivity contribution in [3.05, 3.63) is 35.9 Å². The van der Waals surface area contributed by atoms with Crippen LogP contribution in [0.3, 0.4) is 0 Å². The van der Waals surface area contributed by atoms with Gasteiger partial charge in [-0.2, -0.15) is 0 Å². The number of hydrogen-bond donors (Lipinski definition) is 0. The Bertz CT molecular complexity index is 366. The summed E-state index contributed by atoms with van der Waals surface area (Å²) in [6.45, 7) is 2.52. The number of rotatable bonds is 3. The van der Waals surface area contributed by atoms with Crippen LogP contribution in [0, 0.1) is 0 Å². The Morgan fingerprint density at radius 1 is 1.35 bits per heavy atom. The van der Waals surface area contributed by atoms with Crippen LogP contribution in [0.2, 0.25) is 0 Å². The van der Waals surface area contributed by atoms with E-state index in [1.807, 2.05) is 25.1 Å². The van der Waals surface area contributed by atoms with Crippen LogP contribution in [0.25, 0.3) is 0 Å². The van der Waals surface area contributed by atoms with E-state index < -0.39 is 0 Å². The molecule has 0 radical (unpaired) electrons. The summed E-state index contributed by atoms with van der Waals surface area (Å²) in [6.07, 6.45) is 1.30. The number of nitrogens with zero attached hydrogens (tertiary/aromatic N) is 1. The van der Waals surface area contributed by atoms with E-state index in [4.69, 9.17) is 9.78 Å². The van der Waals surface area contributed by atoms with Gasteiger partial charge in [0.05, 0.1) is 6.04 Å². The lowest BCUT2D eigenvalue weighted by Gasteiger charge is -2.34. The number of carbonyl (C=O) groups is 1. The lowest BCUT2D eigenvalue weighted by Crippen LogP contribution is -2.48. The normalized spacial score (nSPS) is 20.3. The Morgan fingerprint density at radius 2 is 2.12 bits per heavy atom. The number of carbonyl (C=O) groups excluding carboxylic acids is 1. The Morgan fingerprint density at radius 3 is 2.82 bits per heavy atom. The van der Waals surface area contributed by atoms with Crippen LogP contribution in [0.4, 0.5) is 0 Å². The van der Waals surface area contributed by atoms with Gasteiger partial charge >= 0.3 is 0 Å². The van der Waals surface area contributed by atoms with E-state index in [-0.39, 0.29) is 18.7 Å². The molecule has 0 N–H and O–H groups in total. The van der Waals surface area contributed by atoms with Crippen molar-refractivity contribution in [3.63, 3.8) is 0 Å². The lowest BCUT2D eigenvalue weighted by atomic mass is 10.1. The summed E-state index contributed by atoms with van der Waals surface area (Å²) in [5, 5.41) is 0. The second-order valence-corrected chi connectivity index (χ2v) is 4.09. The summed E-state index contributed by atoms with van der Waals surface area (Å²) >= 11 is 0. The third kappa shape index (κ3) is 3.05. The van der Waals surface area contributed by atoms with Crippen molar-refractivity contribution in [2.24, 2.45) is 0 Å². The lowest BCUT2D eigenvalue weighted by molar-refractivity contribution is -0.349. The van der Waals surface area contributed by atoms with Gasteiger partial charge in [-0.25, -0.2) is 9.78 Å². The van der Waals surface area contributed by atoms with Gasteiger partial charge in [0.25, 0.3) is 0 Å². The summed E-state index contributed by atoms with van der Waals surface area (Å²) in [4.78, 5) is 23.4. The van der Waals surface area contributed by atoms with E-state index in [2.05, 4.69) is 12.1 Å². The predicted molar refractivity (Wildman–Crippen MR) is 63.0 cm³/mol. The van der Waals surface area contributed by atoms with Crippen LogP contribution < -0.4 is 0 Å². The molecule has 0 unspecified atom stereocenters. The standard InChI is InChI=1S/C13H17NO3/c1-2-13(15)14-10-17-16-9-12(14)8-11-6-4-3-5-7-11/h3-7,12H,2,8-10H2,1H3/t12-/m1/s1. The zero-order valence-corrected chi connectivity index (χ0v) is 9.96. The van der Waals surface area contributed by atoms with Gasteiger partial charge in [0.1, 0.15) is 6.61 Å². The molecule has 1 saturated heterocycles. The molecule has 1 aromatic rings. The highest BCUT2D eigenvalue weighted by atomic mass is 17.2. The van der Waals surface area contributed by atoms with Crippen molar-refractivity contribution in [2.45, 2.75) is 25.8 Å². The minimum atomic E-state index is 0.0681. The van der Waals surface area contributed by atoms with Gasteiger partial charge in [-0.15, -0.1) is 0 Å². The van der Waals surface area contributed by atoms with Gasteiger partial charge < -0.3 is 4.90 Å².